The molecule has 7 heteroatoms. The predicted octanol–water partition coefficient (Wildman–Crippen LogP) is 3.88. The van der Waals surface area contributed by atoms with E-state index in [0.29, 0.717) is 12.2 Å². The Morgan fingerprint density at radius 3 is 2.41 bits per heavy atom. The molecule has 6 nitrogen and oxygen atoms in total. The Labute approximate surface area is 192 Å². The maximum Gasteiger partial charge on any atom is 0.241 e. The Morgan fingerprint density at radius 1 is 1.03 bits per heavy atom. The van der Waals surface area contributed by atoms with Crippen molar-refractivity contribution >= 4 is 21.6 Å². The van der Waals surface area contributed by atoms with Crippen molar-refractivity contribution in [1.82, 2.24) is 10.2 Å². The maximum absolute atomic E-state index is 12.7. The normalized spacial score (nSPS) is 15.0. The van der Waals surface area contributed by atoms with Crippen LogP contribution in [0.5, 0.6) is 0 Å². The smallest absolute Gasteiger partial charge is 0.241 e. The van der Waals surface area contributed by atoms with Crippen LogP contribution in [0, 0.1) is 0 Å². The van der Waals surface area contributed by atoms with Crippen molar-refractivity contribution in [3.8, 4) is 0 Å². The van der Waals surface area contributed by atoms with E-state index >= 15 is 0 Å². The molecular formula is C25H35N3O3S. The molecule has 1 heterocycles. The van der Waals surface area contributed by atoms with Crippen molar-refractivity contribution in [2.75, 3.05) is 30.2 Å². The van der Waals surface area contributed by atoms with E-state index in [4.69, 9.17) is 0 Å². The van der Waals surface area contributed by atoms with Crippen molar-refractivity contribution in [3.63, 3.8) is 0 Å². The molecule has 1 amide bonds. The van der Waals surface area contributed by atoms with Gasteiger partial charge in [-0.05, 0) is 54.6 Å². The van der Waals surface area contributed by atoms with Gasteiger partial charge >= 0.3 is 0 Å². The summed E-state index contributed by atoms with van der Waals surface area (Å²) in [5, 5.41) is 2.89. The second-order valence-electron chi connectivity index (χ2n) is 8.92. The molecule has 0 spiro atoms. The fraction of sp³-hybridized carbons (Fsp3) is 0.480. The van der Waals surface area contributed by atoms with Gasteiger partial charge in [-0.1, -0.05) is 62.7 Å². The number of nitrogens with one attached hydrogen (secondary N) is 1. The number of carbonyl (C=O) groups is 1. The highest BCUT2D eigenvalue weighted by Gasteiger charge is 2.23. The molecule has 0 aliphatic carbocycles. The first-order valence-electron chi connectivity index (χ1n) is 11.4. The van der Waals surface area contributed by atoms with E-state index in [1.807, 2.05) is 38.1 Å². The molecule has 2 aromatic rings. The quantitative estimate of drug-likeness (QED) is 0.620. The zero-order valence-corrected chi connectivity index (χ0v) is 20.2. The summed E-state index contributed by atoms with van der Waals surface area (Å²) in [7, 11) is -3.61. The van der Waals surface area contributed by atoms with Crippen LogP contribution in [0.25, 0.3) is 0 Å². The van der Waals surface area contributed by atoms with Gasteiger partial charge in [-0.25, -0.2) is 8.42 Å². The topological polar surface area (TPSA) is 69.7 Å². The number of benzene rings is 2. The number of para-hydroxylation sites is 1. The number of hydrogen-bond donors (Lipinski definition) is 1. The van der Waals surface area contributed by atoms with E-state index in [-0.39, 0.29) is 18.4 Å². The van der Waals surface area contributed by atoms with E-state index in [2.05, 4.69) is 22.3 Å². The Hall–Kier alpha value is -2.38. The van der Waals surface area contributed by atoms with Crippen LogP contribution in [-0.2, 0) is 27.9 Å². The third kappa shape index (κ3) is 6.81. The number of piperidine rings is 1. The van der Waals surface area contributed by atoms with E-state index in [9.17, 15) is 13.2 Å². The van der Waals surface area contributed by atoms with Crippen molar-refractivity contribution in [1.29, 1.82) is 0 Å². The van der Waals surface area contributed by atoms with E-state index in [0.717, 1.165) is 37.0 Å². The van der Waals surface area contributed by atoms with Crippen LogP contribution in [0.2, 0.25) is 0 Å². The Bertz CT molecular complexity index is 1010. The molecule has 0 radical (unpaired) electrons. The molecule has 1 N–H and O–H groups in total. The van der Waals surface area contributed by atoms with Gasteiger partial charge in [0.2, 0.25) is 15.9 Å². The van der Waals surface area contributed by atoms with Gasteiger partial charge in [0.05, 0.1) is 11.9 Å². The van der Waals surface area contributed by atoms with Crippen LogP contribution >= 0.6 is 0 Å². The molecule has 1 aliphatic rings. The van der Waals surface area contributed by atoms with Gasteiger partial charge in [0.25, 0.3) is 0 Å². The molecular weight excluding hydrogens is 422 g/mol. The van der Waals surface area contributed by atoms with Gasteiger partial charge in [0, 0.05) is 13.1 Å². The summed E-state index contributed by atoms with van der Waals surface area (Å²) in [6.45, 7) is 7.36. The van der Waals surface area contributed by atoms with E-state index in [1.54, 1.807) is 12.1 Å². The van der Waals surface area contributed by atoms with E-state index in [1.165, 1.54) is 29.1 Å². The number of hydrogen-bond acceptors (Lipinski definition) is 4. The van der Waals surface area contributed by atoms with Crippen molar-refractivity contribution in [2.45, 2.75) is 52.1 Å². The second kappa shape index (κ2) is 11.0. The summed E-state index contributed by atoms with van der Waals surface area (Å²) >= 11 is 0. The average Bonchev–Trinajstić information content (AvgIpc) is 2.76. The molecule has 0 atom stereocenters. The number of likely N-dealkylation sites (tertiary alicyclic amines) is 1. The van der Waals surface area contributed by atoms with Gasteiger partial charge in [-0.2, -0.15) is 0 Å². The molecule has 0 unspecified atom stereocenters. The zero-order chi connectivity index (χ0) is 23.1. The average molecular weight is 458 g/mol. The van der Waals surface area contributed by atoms with Gasteiger partial charge in [0.1, 0.15) is 6.54 Å². The maximum atomic E-state index is 12.7. The fourth-order valence-corrected chi connectivity index (χ4v) is 5.06. The summed E-state index contributed by atoms with van der Waals surface area (Å²) in [6, 6.07) is 15.6. The molecule has 2 aromatic carbocycles. The minimum Gasteiger partial charge on any atom is -0.350 e. The first-order valence-corrected chi connectivity index (χ1v) is 13.2. The first-order chi connectivity index (χ1) is 15.2. The molecule has 0 bridgehead atoms. The minimum absolute atomic E-state index is 0.140. The van der Waals surface area contributed by atoms with Crippen LogP contribution in [0.15, 0.2) is 48.5 Å². The fourth-order valence-electron chi connectivity index (χ4n) is 4.18. The number of rotatable bonds is 9. The Balaban J connectivity index is 1.64. The van der Waals surface area contributed by atoms with Gasteiger partial charge in [0.15, 0.2) is 0 Å². The highest BCUT2D eigenvalue weighted by molar-refractivity contribution is 7.92. The lowest BCUT2D eigenvalue weighted by atomic mass is 10.0. The number of carbonyl (C=O) groups excluding carboxylic acids is 1. The molecule has 1 aliphatic heterocycles. The molecule has 1 saturated heterocycles. The predicted molar refractivity (Wildman–Crippen MR) is 130 cm³/mol. The number of amides is 1. The third-order valence-corrected chi connectivity index (χ3v) is 6.98. The highest BCUT2D eigenvalue weighted by Crippen LogP contribution is 2.28. The summed E-state index contributed by atoms with van der Waals surface area (Å²) in [4.78, 5) is 15.2. The largest absolute Gasteiger partial charge is 0.350 e. The first kappa shape index (κ1) is 24.3. The SMILES string of the molecule is CC(C)c1ccccc1N(CC(=O)NCc1cccc(CN2CCCCC2)c1)S(C)(=O)=O. The van der Waals surface area contributed by atoms with Crippen LogP contribution < -0.4 is 9.62 Å². The summed E-state index contributed by atoms with van der Waals surface area (Å²) in [6.07, 6.45) is 4.97. The van der Waals surface area contributed by atoms with Crippen molar-refractivity contribution in [2.24, 2.45) is 0 Å². The summed E-state index contributed by atoms with van der Waals surface area (Å²) < 4.78 is 26.2. The molecule has 0 aromatic heterocycles. The molecule has 3 rings (SSSR count). The van der Waals surface area contributed by atoms with Crippen LogP contribution in [0.1, 0.15) is 55.7 Å². The van der Waals surface area contributed by atoms with Gasteiger partial charge in [-0.15, -0.1) is 0 Å². The van der Waals surface area contributed by atoms with Crippen LogP contribution in [0.3, 0.4) is 0 Å². The van der Waals surface area contributed by atoms with E-state index < -0.39 is 10.0 Å². The monoisotopic (exact) mass is 457 g/mol. The van der Waals surface area contributed by atoms with Gasteiger partial charge < -0.3 is 5.32 Å². The lowest BCUT2D eigenvalue weighted by Crippen LogP contribution is -2.40. The van der Waals surface area contributed by atoms with Crippen molar-refractivity contribution < 1.29 is 13.2 Å². The standard InChI is InChI=1S/C25H35N3O3S/c1-20(2)23-12-5-6-13-24(23)28(32(3,30)31)19-25(29)26-17-21-10-9-11-22(16-21)18-27-14-7-4-8-15-27/h5-6,9-13,16,20H,4,7-8,14-15,17-19H2,1-3H3,(H,26,29). The molecule has 0 saturated carbocycles. The van der Waals surface area contributed by atoms with Crippen LogP contribution in [0.4, 0.5) is 5.69 Å². The highest BCUT2D eigenvalue weighted by atomic mass is 32.2. The zero-order valence-electron chi connectivity index (χ0n) is 19.4. The number of anilines is 1. The lowest BCUT2D eigenvalue weighted by Gasteiger charge is -2.26. The van der Waals surface area contributed by atoms with Gasteiger partial charge in [-0.3, -0.25) is 14.0 Å². The third-order valence-electron chi connectivity index (χ3n) is 5.85. The molecule has 174 valence electrons. The minimum atomic E-state index is -3.61. The van der Waals surface area contributed by atoms with Crippen LogP contribution in [-0.4, -0.2) is 45.1 Å². The van der Waals surface area contributed by atoms with Crippen molar-refractivity contribution in [3.05, 3.63) is 65.2 Å². The Kier molecular flexibility index (Phi) is 8.32. The number of sulfonamides is 1. The number of nitrogens with zero attached hydrogens (tertiary/aromatic N) is 2. The molecule has 32 heavy (non-hydrogen) atoms. The summed E-state index contributed by atoms with van der Waals surface area (Å²) in [5.41, 5.74) is 3.71. The molecule has 1 fully saturated rings. The Morgan fingerprint density at radius 2 is 1.72 bits per heavy atom. The summed E-state index contributed by atoms with van der Waals surface area (Å²) in [5.74, 6) is -0.184. The second-order valence-corrected chi connectivity index (χ2v) is 10.8. The lowest BCUT2D eigenvalue weighted by molar-refractivity contribution is -0.119.